The number of nitriles is 1. The molecule has 0 saturated carbocycles. The van der Waals surface area contributed by atoms with Crippen molar-refractivity contribution >= 4 is 28.7 Å². The second kappa shape index (κ2) is 5.76. The Morgan fingerprint density at radius 1 is 1.24 bits per heavy atom. The third-order valence-electron chi connectivity index (χ3n) is 3.11. The summed E-state index contributed by atoms with van der Waals surface area (Å²) in [5, 5.41) is 9.35. The van der Waals surface area contributed by atoms with Crippen molar-refractivity contribution in [3.8, 4) is 17.6 Å². The van der Waals surface area contributed by atoms with Crippen LogP contribution in [0.25, 0.3) is 0 Å². The zero-order chi connectivity index (χ0) is 14.8. The van der Waals surface area contributed by atoms with Crippen molar-refractivity contribution in [2.75, 3.05) is 13.2 Å². The van der Waals surface area contributed by atoms with Crippen molar-refractivity contribution in [1.82, 2.24) is 0 Å². The second-order valence-electron chi connectivity index (χ2n) is 4.43. The molecule has 106 valence electrons. The van der Waals surface area contributed by atoms with Crippen LogP contribution in [0.1, 0.15) is 21.2 Å². The van der Waals surface area contributed by atoms with Crippen LogP contribution in [-0.4, -0.2) is 19.0 Å². The number of rotatable bonds is 3. The average molecular weight is 320 g/mol. The van der Waals surface area contributed by atoms with Crippen LogP contribution in [0, 0.1) is 11.3 Å². The number of fused-ring (bicyclic) bond motifs is 1. The highest BCUT2D eigenvalue weighted by Crippen LogP contribution is 2.35. The van der Waals surface area contributed by atoms with Crippen molar-refractivity contribution in [3.05, 3.63) is 45.1 Å². The largest absolute Gasteiger partial charge is 0.486 e. The number of halogens is 1. The van der Waals surface area contributed by atoms with E-state index in [1.165, 1.54) is 11.3 Å². The summed E-state index contributed by atoms with van der Waals surface area (Å²) in [4.78, 5) is 12.9. The van der Waals surface area contributed by atoms with Gasteiger partial charge in [0, 0.05) is 0 Å². The Kier molecular flexibility index (Phi) is 3.82. The smallest absolute Gasteiger partial charge is 0.194 e. The fourth-order valence-corrected chi connectivity index (χ4v) is 3.13. The molecule has 2 aromatic rings. The first-order chi connectivity index (χ1) is 10.2. The van der Waals surface area contributed by atoms with Crippen LogP contribution in [0.15, 0.2) is 30.3 Å². The lowest BCUT2D eigenvalue weighted by Crippen LogP contribution is -2.16. The molecule has 0 fully saturated rings. The zero-order valence-corrected chi connectivity index (χ0v) is 12.4. The molecule has 1 aromatic heterocycles. The molecule has 0 spiro atoms. The van der Waals surface area contributed by atoms with Gasteiger partial charge in [0.05, 0.1) is 15.3 Å². The molecule has 0 amide bonds. The van der Waals surface area contributed by atoms with Gasteiger partial charge in [0.15, 0.2) is 17.3 Å². The molecule has 21 heavy (non-hydrogen) atoms. The van der Waals surface area contributed by atoms with E-state index in [1.54, 1.807) is 30.3 Å². The molecular weight excluding hydrogens is 310 g/mol. The van der Waals surface area contributed by atoms with Gasteiger partial charge in [-0.1, -0.05) is 17.7 Å². The standard InChI is InChI=1S/C15H10ClNO3S/c16-14-4-3-13(21-14)15(18)10(8-17)9-1-2-11-12(7-9)20-6-5-19-11/h1-4,7,10H,5-6H2. The molecule has 1 aliphatic heterocycles. The molecule has 0 aliphatic carbocycles. The van der Waals surface area contributed by atoms with E-state index in [0.717, 1.165) is 0 Å². The van der Waals surface area contributed by atoms with E-state index in [1.807, 2.05) is 0 Å². The van der Waals surface area contributed by atoms with Gasteiger partial charge in [-0.25, -0.2) is 0 Å². The maximum atomic E-state index is 12.4. The first-order valence-electron chi connectivity index (χ1n) is 6.28. The quantitative estimate of drug-likeness (QED) is 0.810. The van der Waals surface area contributed by atoms with Crippen LogP contribution >= 0.6 is 22.9 Å². The SMILES string of the molecule is N#CC(C(=O)c1ccc(Cl)s1)c1ccc2c(c1)OCCO2. The van der Waals surface area contributed by atoms with Gasteiger partial charge in [0.2, 0.25) is 0 Å². The Morgan fingerprint density at radius 2 is 2.00 bits per heavy atom. The molecule has 1 aromatic carbocycles. The Morgan fingerprint density at radius 3 is 2.67 bits per heavy atom. The molecule has 2 heterocycles. The van der Waals surface area contributed by atoms with E-state index in [0.29, 0.717) is 39.5 Å². The summed E-state index contributed by atoms with van der Waals surface area (Å²) >= 11 is 7.01. The number of ketones is 1. The first-order valence-corrected chi connectivity index (χ1v) is 7.47. The number of hydrogen-bond donors (Lipinski definition) is 0. The van der Waals surface area contributed by atoms with Crippen molar-refractivity contribution in [2.45, 2.75) is 5.92 Å². The summed E-state index contributed by atoms with van der Waals surface area (Å²) in [6, 6.07) is 10.5. The topological polar surface area (TPSA) is 59.3 Å². The van der Waals surface area contributed by atoms with Crippen molar-refractivity contribution in [2.24, 2.45) is 0 Å². The van der Waals surface area contributed by atoms with E-state index in [9.17, 15) is 10.1 Å². The van der Waals surface area contributed by atoms with Gasteiger partial charge in [-0.15, -0.1) is 11.3 Å². The van der Waals surface area contributed by atoms with E-state index >= 15 is 0 Å². The van der Waals surface area contributed by atoms with Gasteiger partial charge in [-0.3, -0.25) is 4.79 Å². The molecule has 1 aliphatic rings. The number of hydrogen-bond acceptors (Lipinski definition) is 5. The number of thiophene rings is 1. The minimum atomic E-state index is -0.879. The molecule has 6 heteroatoms. The highest BCUT2D eigenvalue weighted by atomic mass is 35.5. The van der Waals surface area contributed by atoms with Crippen LogP contribution < -0.4 is 9.47 Å². The number of ether oxygens (including phenoxy) is 2. The minimum Gasteiger partial charge on any atom is -0.486 e. The molecule has 0 radical (unpaired) electrons. The molecule has 0 bridgehead atoms. The normalized spacial score (nSPS) is 14.3. The van der Waals surface area contributed by atoms with Crippen LogP contribution in [0.3, 0.4) is 0 Å². The predicted octanol–water partition coefficient (Wildman–Crippen LogP) is 3.66. The van der Waals surface area contributed by atoms with E-state index < -0.39 is 5.92 Å². The van der Waals surface area contributed by atoms with E-state index in [4.69, 9.17) is 21.1 Å². The summed E-state index contributed by atoms with van der Waals surface area (Å²) in [6.07, 6.45) is 0. The Labute approximate surface area is 130 Å². The Balaban J connectivity index is 1.93. The highest BCUT2D eigenvalue weighted by Gasteiger charge is 2.25. The van der Waals surface area contributed by atoms with E-state index in [2.05, 4.69) is 6.07 Å². The molecule has 4 nitrogen and oxygen atoms in total. The van der Waals surface area contributed by atoms with Gasteiger partial charge in [-0.05, 0) is 29.8 Å². The predicted molar refractivity (Wildman–Crippen MR) is 79.4 cm³/mol. The number of carbonyl (C=O) groups is 1. The monoisotopic (exact) mass is 319 g/mol. The third-order valence-corrected chi connectivity index (χ3v) is 4.35. The second-order valence-corrected chi connectivity index (χ2v) is 6.15. The maximum absolute atomic E-state index is 12.4. The Bertz CT molecular complexity index is 735. The molecule has 3 rings (SSSR count). The van der Waals surface area contributed by atoms with Gasteiger partial charge in [-0.2, -0.15) is 5.26 Å². The van der Waals surface area contributed by atoms with Crippen LogP contribution in [-0.2, 0) is 0 Å². The number of Topliss-reactive ketones (excluding diaryl/α,β-unsaturated/α-hetero) is 1. The minimum absolute atomic E-state index is 0.258. The van der Waals surface area contributed by atoms with Crippen LogP contribution in [0.2, 0.25) is 4.34 Å². The molecule has 0 N–H and O–H groups in total. The lowest BCUT2D eigenvalue weighted by Gasteiger charge is -2.19. The van der Waals surface area contributed by atoms with Gasteiger partial charge < -0.3 is 9.47 Å². The summed E-state index contributed by atoms with van der Waals surface area (Å²) in [5.41, 5.74) is 0.594. The molecule has 0 saturated heterocycles. The first kappa shape index (κ1) is 13.9. The van der Waals surface area contributed by atoms with E-state index in [-0.39, 0.29) is 5.78 Å². The number of benzene rings is 1. The maximum Gasteiger partial charge on any atom is 0.194 e. The van der Waals surface area contributed by atoms with Crippen molar-refractivity contribution < 1.29 is 14.3 Å². The zero-order valence-electron chi connectivity index (χ0n) is 10.8. The summed E-state index contributed by atoms with van der Waals surface area (Å²) in [6.45, 7) is 0.961. The van der Waals surface area contributed by atoms with Crippen molar-refractivity contribution in [3.63, 3.8) is 0 Å². The summed E-state index contributed by atoms with van der Waals surface area (Å²) in [5.74, 6) is 0.0611. The van der Waals surface area contributed by atoms with Gasteiger partial charge >= 0.3 is 0 Å². The van der Waals surface area contributed by atoms with Crippen LogP contribution in [0.5, 0.6) is 11.5 Å². The number of nitrogens with zero attached hydrogens (tertiary/aromatic N) is 1. The number of carbonyl (C=O) groups excluding carboxylic acids is 1. The summed E-state index contributed by atoms with van der Waals surface area (Å²) in [7, 11) is 0. The van der Waals surface area contributed by atoms with Gasteiger partial charge in [0.1, 0.15) is 19.1 Å². The van der Waals surface area contributed by atoms with Crippen molar-refractivity contribution in [1.29, 1.82) is 5.26 Å². The fourth-order valence-electron chi connectivity index (χ4n) is 2.11. The van der Waals surface area contributed by atoms with Crippen LogP contribution in [0.4, 0.5) is 0 Å². The molecule has 1 atom stereocenters. The average Bonchev–Trinajstić information content (AvgIpc) is 2.94. The third kappa shape index (κ3) is 2.73. The lowest BCUT2D eigenvalue weighted by atomic mass is 9.95. The molecular formula is C15H10ClNO3S. The molecule has 1 unspecified atom stereocenters. The summed E-state index contributed by atoms with van der Waals surface area (Å²) < 4.78 is 11.4. The lowest BCUT2D eigenvalue weighted by molar-refractivity contribution is 0.0982. The fraction of sp³-hybridized carbons (Fsp3) is 0.200. The Hall–Kier alpha value is -2.03. The van der Waals surface area contributed by atoms with Gasteiger partial charge in [0.25, 0.3) is 0 Å². The highest BCUT2D eigenvalue weighted by molar-refractivity contribution is 7.18.